The molecule has 4 nitrogen and oxygen atoms in total. The second-order valence-electron chi connectivity index (χ2n) is 3.51. The predicted octanol–water partition coefficient (Wildman–Crippen LogP) is 1.82. The molecule has 0 saturated carbocycles. The van der Waals surface area contributed by atoms with E-state index in [9.17, 15) is 0 Å². The van der Waals surface area contributed by atoms with E-state index in [0.29, 0.717) is 13.0 Å². The number of hydrogen-bond donors (Lipinski definition) is 2. The molecule has 0 fully saturated rings. The molecule has 0 atom stereocenters. The molecule has 0 aliphatic carbocycles. The lowest BCUT2D eigenvalue weighted by molar-refractivity contribution is 0.305. The van der Waals surface area contributed by atoms with Crippen molar-refractivity contribution in [2.45, 2.75) is 20.3 Å². The molecule has 0 amide bonds. The Morgan fingerprint density at radius 2 is 1.93 bits per heavy atom. The third-order valence-corrected chi connectivity index (χ3v) is 1.95. The lowest BCUT2D eigenvalue weighted by Crippen LogP contribution is -2.15. The average Bonchev–Trinajstić information content (AvgIpc) is 2.16. The Labute approximate surface area is 89.4 Å². The molecule has 0 aliphatic heterocycles. The molecular weight excluding hydrogens is 192 g/mol. The van der Waals surface area contributed by atoms with Crippen LogP contribution in [-0.4, -0.2) is 17.6 Å². The van der Waals surface area contributed by atoms with E-state index >= 15 is 0 Å². The SMILES string of the molecule is Cc1cc(C)cc(OCC/C(N)=N/O)c1. The van der Waals surface area contributed by atoms with Gasteiger partial charge in [-0.3, -0.25) is 0 Å². The molecule has 0 heterocycles. The van der Waals surface area contributed by atoms with Gasteiger partial charge >= 0.3 is 0 Å². The van der Waals surface area contributed by atoms with Gasteiger partial charge in [0.05, 0.1) is 6.61 Å². The summed E-state index contributed by atoms with van der Waals surface area (Å²) in [7, 11) is 0. The number of benzene rings is 1. The van der Waals surface area contributed by atoms with E-state index in [-0.39, 0.29) is 5.84 Å². The van der Waals surface area contributed by atoms with Gasteiger partial charge in [0.1, 0.15) is 11.6 Å². The maximum atomic E-state index is 8.33. The van der Waals surface area contributed by atoms with Gasteiger partial charge < -0.3 is 15.7 Å². The largest absolute Gasteiger partial charge is 0.493 e. The van der Waals surface area contributed by atoms with Crippen molar-refractivity contribution < 1.29 is 9.94 Å². The zero-order valence-corrected chi connectivity index (χ0v) is 9.03. The summed E-state index contributed by atoms with van der Waals surface area (Å²) in [5.74, 6) is 0.998. The molecule has 0 unspecified atom stereocenters. The summed E-state index contributed by atoms with van der Waals surface area (Å²) in [6, 6.07) is 6.00. The Balaban J connectivity index is 2.51. The molecule has 15 heavy (non-hydrogen) atoms. The summed E-state index contributed by atoms with van der Waals surface area (Å²) < 4.78 is 5.47. The van der Waals surface area contributed by atoms with Crippen LogP contribution in [0.4, 0.5) is 0 Å². The Morgan fingerprint density at radius 1 is 1.33 bits per heavy atom. The topological polar surface area (TPSA) is 67.8 Å². The predicted molar refractivity (Wildman–Crippen MR) is 59.4 cm³/mol. The van der Waals surface area contributed by atoms with Crippen molar-refractivity contribution in [3.8, 4) is 5.75 Å². The Morgan fingerprint density at radius 3 is 2.47 bits per heavy atom. The molecule has 0 spiro atoms. The maximum absolute atomic E-state index is 8.33. The first-order valence-corrected chi connectivity index (χ1v) is 4.79. The third-order valence-electron chi connectivity index (χ3n) is 1.95. The molecule has 4 heteroatoms. The zero-order chi connectivity index (χ0) is 11.3. The molecule has 0 aromatic heterocycles. The van der Waals surface area contributed by atoms with E-state index in [0.717, 1.165) is 16.9 Å². The Hall–Kier alpha value is -1.71. The van der Waals surface area contributed by atoms with Gasteiger partial charge in [-0.1, -0.05) is 11.2 Å². The maximum Gasteiger partial charge on any atom is 0.142 e. The average molecular weight is 208 g/mol. The van der Waals surface area contributed by atoms with Crippen molar-refractivity contribution in [1.82, 2.24) is 0 Å². The van der Waals surface area contributed by atoms with Gasteiger partial charge in [0, 0.05) is 6.42 Å². The summed E-state index contributed by atoms with van der Waals surface area (Å²) in [5, 5.41) is 11.2. The van der Waals surface area contributed by atoms with Gasteiger partial charge in [0.2, 0.25) is 0 Å². The monoisotopic (exact) mass is 208 g/mol. The fourth-order valence-corrected chi connectivity index (χ4v) is 1.34. The highest BCUT2D eigenvalue weighted by molar-refractivity contribution is 5.79. The van der Waals surface area contributed by atoms with Crippen LogP contribution in [0.3, 0.4) is 0 Å². The van der Waals surface area contributed by atoms with Crippen molar-refractivity contribution in [3.05, 3.63) is 29.3 Å². The molecule has 0 aliphatic rings. The first-order valence-electron chi connectivity index (χ1n) is 4.79. The first kappa shape index (κ1) is 11.4. The minimum atomic E-state index is 0.180. The minimum absolute atomic E-state index is 0.180. The molecule has 0 bridgehead atoms. The minimum Gasteiger partial charge on any atom is -0.493 e. The number of hydrogen-bond acceptors (Lipinski definition) is 3. The number of nitrogens with two attached hydrogens (primary N) is 1. The van der Waals surface area contributed by atoms with Crippen LogP contribution >= 0.6 is 0 Å². The second kappa shape index (κ2) is 5.24. The quantitative estimate of drug-likeness (QED) is 0.343. The van der Waals surface area contributed by atoms with Crippen LogP contribution in [0.25, 0.3) is 0 Å². The van der Waals surface area contributed by atoms with E-state index < -0.39 is 0 Å². The number of ether oxygens (including phenoxy) is 1. The van der Waals surface area contributed by atoms with Gasteiger partial charge in [0.15, 0.2) is 0 Å². The van der Waals surface area contributed by atoms with Gasteiger partial charge in [-0.2, -0.15) is 0 Å². The summed E-state index contributed by atoms with van der Waals surface area (Å²) >= 11 is 0. The molecule has 1 aromatic carbocycles. The molecular formula is C11H16N2O2. The Kier molecular flexibility index (Phi) is 3.97. The Bertz CT molecular complexity index is 341. The lowest BCUT2D eigenvalue weighted by Gasteiger charge is -2.07. The summed E-state index contributed by atoms with van der Waals surface area (Å²) in [5.41, 5.74) is 7.64. The van der Waals surface area contributed by atoms with Crippen molar-refractivity contribution in [2.75, 3.05) is 6.61 Å². The lowest BCUT2D eigenvalue weighted by atomic mass is 10.1. The highest BCUT2D eigenvalue weighted by Crippen LogP contribution is 2.16. The smallest absolute Gasteiger partial charge is 0.142 e. The van der Waals surface area contributed by atoms with Crippen LogP contribution in [0.15, 0.2) is 23.4 Å². The van der Waals surface area contributed by atoms with Crippen molar-refractivity contribution in [3.63, 3.8) is 0 Å². The standard InChI is InChI=1S/C11H16N2O2/c1-8-5-9(2)7-10(6-8)15-4-3-11(12)13-14/h5-7,14H,3-4H2,1-2H3,(H2,12,13). The molecule has 0 radical (unpaired) electrons. The van der Waals surface area contributed by atoms with Crippen molar-refractivity contribution in [1.29, 1.82) is 0 Å². The fraction of sp³-hybridized carbons (Fsp3) is 0.364. The summed E-state index contributed by atoms with van der Waals surface area (Å²) in [6.45, 7) is 4.45. The number of nitrogens with zero attached hydrogens (tertiary/aromatic N) is 1. The van der Waals surface area contributed by atoms with Crippen LogP contribution in [0.2, 0.25) is 0 Å². The van der Waals surface area contributed by atoms with Crippen LogP contribution in [0, 0.1) is 13.8 Å². The van der Waals surface area contributed by atoms with Gasteiger partial charge in [-0.25, -0.2) is 0 Å². The molecule has 3 N–H and O–H groups in total. The normalized spacial score (nSPS) is 11.5. The van der Waals surface area contributed by atoms with Gasteiger partial charge in [-0.05, 0) is 37.1 Å². The van der Waals surface area contributed by atoms with Gasteiger partial charge in [0.25, 0.3) is 0 Å². The van der Waals surface area contributed by atoms with E-state index in [1.54, 1.807) is 0 Å². The summed E-state index contributed by atoms with van der Waals surface area (Å²) in [4.78, 5) is 0. The fourth-order valence-electron chi connectivity index (χ4n) is 1.34. The van der Waals surface area contributed by atoms with Gasteiger partial charge in [-0.15, -0.1) is 0 Å². The van der Waals surface area contributed by atoms with Crippen LogP contribution in [0.1, 0.15) is 17.5 Å². The van der Waals surface area contributed by atoms with E-state index in [2.05, 4.69) is 11.2 Å². The highest BCUT2D eigenvalue weighted by Gasteiger charge is 1.98. The number of oxime groups is 1. The molecule has 1 rings (SSSR count). The molecule has 82 valence electrons. The number of aryl methyl sites for hydroxylation is 2. The van der Waals surface area contributed by atoms with Crippen molar-refractivity contribution in [2.24, 2.45) is 10.9 Å². The van der Waals surface area contributed by atoms with E-state index in [4.69, 9.17) is 15.7 Å². The first-order chi connectivity index (χ1) is 7.11. The van der Waals surface area contributed by atoms with Crippen molar-refractivity contribution >= 4 is 5.84 Å². The van der Waals surface area contributed by atoms with Crippen LogP contribution in [0.5, 0.6) is 5.75 Å². The third kappa shape index (κ3) is 3.89. The number of amidine groups is 1. The van der Waals surface area contributed by atoms with Crippen LogP contribution < -0.4 is 10.5 Å². The van der Waals surface area contributed by atoms with Crippen LogP contribution in [-0.2, 0) is 0 Å². The zero-order valence-electron chi connectivity index (χ0n) is 9.03. The summed E-state index contributed by atoms with van der Waals surface area (Å²) in [6.07, 6.45) is 0.420. The van der Waals surface area contributed by atoms with E-state index in [1.165, 1.54) is 0 Å². The molecule has 0 saturated heterocycles. The number of rotatable bonds is 4. The second-order valence-corrected chi connectivity index (χ2v) is 3.51. The molecule has 1 aromatic rings. The van der Waals surface area contributed by atoms with E-state index in [1.807, 2.05) is 26.0 Å². The highest BCUT2D eigenvalue weighted by atomic mass is 16.5.